The highest BCUT2D eigenvalue weighted by Crippen LogP contribution is 2.24. The number of aryl methyl sites for hydroxylation is 1. The van der Waals surface area contributed by atoms with Crippen LogP contribution in [0.25, 0.3) is 0 Å². The molecule has 1 nitrogen and oxygen atoms in total. The molecular formula is C11H16ClN. The summed E-state index contributed by atoms with van der Waals surface area (Å²) in [6.45, 7) is 6.29. The minimum Gasteiger partial charge on any atom is -0.324 e. The minimum atomic E-state index is 0.109. The van der Waals surface area contributed by atoms with Crippen molar-refractivity contribution >= 4 is 11.6 Å². The van der Waals surface area contributed by atoms with Crippen LogP contribution in [-0.2, 0) is 0 Å². The fraction of sp³-hybridized carbons (Fsp3) is 0.455. The zero-order valence-electron chi connectivity index (χ0n) is 8.34. The van der Waals surface area contributed by atoms with E-state index in [1.165, 1.54) is 11.1 Å². The van der Waals surface area contributed by atoms with Crippen LogP contribution in [0.2, 0.25) is 5.02 Å². The van der Waals surface area contributed by atoms with Crippen LogP contribution < -0.4 is 5.73 Å². The summed E-state index contributed by atoms with van der Waals surface area (Å²) in [6.07, 6.45) is 0. The Morgan fingerprint density at radius 3 is 2.38 bits per heavy atom. The number of hydrogen-bond donors (Lipinski definition) is 1. The Kier molecular flexibility index (Phi) is 3.34. The van der Waals surface area contributed by atoms with Gasteiger partial charge >= 0.3 is 0 Å². The monoisotopic (exact) mass is 197 g/mol. The molecule has 0 aliphatic rings. The van der Waals surface area contributed by atoms with Gasteiger partial charge in [0.15, 0.2) is 0 Å². The summed E-state index contributed by atoms with van der Waals surface area (Å²) in [5.74, 6) is 0.458. The van der Waals surface area contributed by atoms with Crippen molar-refractivity contribution in [1.82, 2.24) is 0 Å². The molecule has 0 bridgehead atoms. The van der Waals surface area contributed by atoms with Crippen LogP contribution in [0.4, 0.5) is 0 Å². The van der Waals surface area contributed by atoms with E-state index in [1.807, 2.05) is 25.1 Å². The van der Waals surface area contributed by atoms with Crippen molar-refractivity contribution in [1.29, 1.82) is 0 Å². The van der Waals surface area contributed by atoms with Gasteiger partial charge in [0.05, 0.1) is 0 Å². The molecule has 0 aliphatic carbocycles. The van der Waals surface area contributed by atoms with E-state index in [0.29, 0.717) is 5.92 Å². The standard InChI is InChI=1S/C11H16ClN/c1-7(2)11(13)10-5-4-9(12)6-8(10)3/h4-7,11H,13H2,1-3H3. The second kappa shape index (κ2) is 4.12. The average Bonchev–Trinajstić information content (AvgIpc) is 2.03. The van der Waals surface area contributed by atoms with Crippen LogP contribution in [0, 0.1) is 12.8 Å². The Labute approximate surface area is 84.9 Å². The molecule has 0 spiro atoms. The molecule has 1 unspecified atom stereocenters. The zero-order chi connectivity index (χ0) is 10.0. The molecular weight excluding hydrogens is 182 g/mol. The van der Waals surface area contributed by atoms with Crippen LogP contribution in [0.3, 0.4) is 0 Å². The van der Waals surface area contributed by atoms with Gasteiger partial charge in [-0.15, -0.1) is 0 Å². The molecule has 0 saturated carbocycles. The molecule has 0 saturated heterocycles. The third-order valence-corrected chi connectivity index (χ3v) is 2.54. The molecule has 0 fully saturated rings. The molecule has 2 heteroatoms. The lowest BCUT2D eigenvalue weighted by molar-refractivity contribution is 0.512. The Morgan fingerprint density at radius 2 is 1.92 bits per heavy atom. The highest BCUT2D eigenvalue weighted by atomic mass is 35.5. The van der Waals surface area contributed by atoms with Gasteiger partial charge in [0.25, 0.3) is 0 Å². The van der Waals surface area contributed by atoms with Crippen molar-refractivity contribution in [2.75, 3.05) is 0 Å². The van der Waals surface area contributed by atoms with E-state index >= 15 is 0 Å². The van der Waals surface area contributed by atoms with Crippen LogP contribution >= 0.6 is 11.6 Å². The van der Waals surface area contributed by atoms with Gasteiger partial charge in [0.1, 0.15) is 0 Å². The maximum Gasteiger partial charge on any atom is 0.0408 e. The lowest BCUT2D eigenvalue weighted by atomic mass is 9.94. The van der Waals surface area contributed by atoms with Crippen LogP contribution in [0.5, 0.6) is 0 Å². The molecule has 72 valence electrons. The van der Waals surface area contributed by atoms with Crippen LogP contribution in [-0.4, -0.2) is 0 Å². The fourth-order valence-electron chi connectivity index (χ4n) is 1.37. The lowest BCUT2D eigenvalue weighted by Crippen LogP contribution is -2.17. The summed E-state index contributed by atoms with van der Waals surface area (Å²) in [4.78, 5) is 0. The van der Waals surface area contributed by atoms with E-state index < -0.39 is 0 Å². The van der Waals surface area contributed by atoms with Gasteiger partial charge in [-0.25, -0.2) is 0 Å². The van der Waals surface area contributed by atoms with Crippen molar-refractivity contribution in [2.24, 2.45) is 11.7 Å². The number of hydrogen-bond acceptors (Lipinski definition) is 1. The molecule has 0 heterocycles. The lowest BCUT2D eigenvalue weighted by Gasteiger charge is -2.18. The molecule has 0 radical (unpaired) electrons. The van der Waals surface area contributed by atoms with Crippen molar-refractivity contribution in [3.63, 3.8) is 0 Å². The Hall–Kier alpha value is -0.530. The first-order chi connectivity index (χ1) is 6.02. The molecule has 0 aromatic heterocycles. The first-order valence-corrected chi connectivity index (χ1v) is 4.92. The summed E-state index contributed by atoms with van der Waals surface area (Å²) in [5.41, 5.74) is 8.41. The molecule has 0 aliphatic heterocycles. The molecule has 1 atom stereocenters. The second-order valence-electron chi connectivity index (χ2n) is 3.77. The number of rotatable bonds is 2. The molecule has 13 heavy (non-hydrogen) atoms. The van der Waals surface area contributed by atoms with Gasteiger partial charge in [0.2, 0.25) is 0 Å². The number of benzene rings is 1. The molecule has 1 aromatic rings. The van der Waals surface area contributed by atoms with Crippen LogP contribution in [0.1, 0.15) is 31.0 Å². The Bertz CT molecular complexity index is 294. The minimum absolute atomic E-state index is 0.109. The average molecular weight is 198 g/mol. The van der Waals surface area contributed by atoms with Gasteiger partial charge in [-0.2, -0.15) is 0 Å². The summed E-state index contributed by atoms with van der Waals surface area (Å²) in [5, 5.41) is 0.775. The summed E-state index contributed by atoms with van der Waals surface area (Å²) in [7, 11) is 0. The summed E-state index contributed by atoms with van der Waals surface area (Å²) in [6, 6.07) is 5.98. The van der Waals surface area contributed by atoms with Crippen LogP contribution in [0.15, 0.2) is 18.2 Å². The number of nitrogens with two attached hydrogens (primary N) is 1. The van der Waals surface area contributed by atoms with Crippen molar-refractivity contribution < 1.29 is 0 Å². The van der Waals surface area contributed by atoms with Gasteiger partial charge in [-0.05, 0) is 36.1 Å². The second-order valence-corrected chi connectivity index (χ2v) is 4.21. The summed E-state index contributed by atoms with van der Waals surface area (Å²) < 4.78 is 0. The maximum atomic E-state index is 6.05. The molecule has 1 rings (SSSR count). The topological polar surface area (TPSA) is 26.0 Å². The van der Waals surface area contributed by atoms with E-state index in [-0.39, 0.29) is 6.04 Å². The van der Waals surface area contributed by atoms with E-state index in [0.717, 1.165) is 5.02 Å². The SMILES string of the molecule is Cc1cc(Cl)ccc1C(N)C(C)C. The number of halogens is 1. The maximum absolute atomic E-state index is 6.05. The first kappa shape index (κ1) is 10.6. The normalized spacial score (nSPS) is 13.4. The van der Waals surface area contributed by atoms with Crippen molar-refractivity contribution in [3.8, 4) is 0 Å². The van der Waals surface area contributed by atoms with E-state index in [9.17, 15) is 0 Å². The highest BCUT2D eigenvalue weighted by Gasteiger charge is 2.12. The van der Waals surface area contributed by atoms with E-state index in [4.69, 9.17) is 17.3 Å². The highest BCUT2D eigenvalue weighted by molar-refractivity contribution is 6.30. The third kappa shape index (κ3) is 2.45. The van der Waals surface area contributed by atoms with Gasteiger partial charge in [-0.3, -0.25) is 0 Å². The van der Waals surface area contributed by atoms with Crippen molar-refractivity contribution in [3.05, 3.63) is 34.3 Å². The van der Waals surface area contributed by atoms with Crippen molar-refractivity contribution in [2.45, 2.75) is 26.8 Å². The van der Waals surface area contributed by atoms with Gasteiger partial charge < -0.3 is 5.73 Å². The quantitative estimate of drug-likeness (QED) is 0.774. The van der Waals surface area contributed by atoms with E-state index in [2.05, 4.69) is 13.8 Å². The molecule has 1 aromatic carbocycles. The van der Waals surface area contributed by atoms with E-state index in [1.54, 1.807) is 0 Å². The predicted molar refractivity (Wildman–Crippen MR) is 58.0 cm³/mol. The van der Waals surface area contributed by atoms with Gasteiger partial charge in [-0.1, -0.05) is 31.5 Å². The largest absolute Gasteiger partial charge is 0.324 e. The smallest absolute Gasteiger partial charge is 0.0408 e. The fourth-order valence-corrected chi connectivity index (χ4v) is 1.60. The summed E-state index contributed by atoms with van der Waals surface area (Å²) >= 11 is 5.86. The molecule has 2 N–H and O–H groups in total. The zero-order valence-corrected chi connectivity index (χ0v) is 9.10. The first-order valence-electron chi connectivity index (χ1n) is 4.54. The third-order valence-electron chi connectivity index (χ3n) is 2.31. The molecule has 0 amide bonds. The van der Waals surface area contributed by atoms with Gasteiger partial charge in [0, 0.05) is 11.1 Å². The predicted octanol–water partition coefficient (Wildman–Crippen LogP) is 3.30. The Balaban J connectivity index is 3.01. The Morgan fingerprint density at radius 1 is 1.31 bits per heavy atom.